The van der Waals surface area contributed by atoms with Crippen molar-refractivity contribution in [3.63, 3.8) is 0 Å². The van der Waals surface area contributed by atoms with Crippen molar-refractivity contribution in [3.05, 3.63) is 42.5 Å². The molecule has 1 aromatic carbocycles. The Hall–Kier alpha value is -2.71. The predicted octanol–water partition coefficient (Wildman–Crippen LogP) is 2.50. The van der Waals surface area contributed by atoms with Crippen LogP contribution in [0.1, 0.15) is 38.5 Å². The van der Waals surface area contributed by atoms with Crippen LogP contribution in [0.4, 0.5) is 5.69 Å². The Morgan fingerprint density at radius 3 is 2.38 bits per heavy atom. The van der Waals surface area contributed by atoms with E-state index in [2.05, 4.69) is 15.4 Å². The molecule has 160 valence electrons. The number of hydrogen-bond acceptors (Lipinski definition) is 6. The molecule has 1 rings (SSSR count). The first-order chi connectivity index (χ1) is 14.0. The van der Waals surface area contributed by atoms with E-state index >= 15 is 0 Å². The normalized spacial score (nSPS) is 10.7. The number of carbonyl (C=O) groups excluding carboxylic acids is 3. The maximum Gasteiger partial charge on any atom is 0.330 e. The third-order valence-electron chi connectivity index (χ3n) is 4.11. The molecule has 0 radical (unpaired) electrons. The second-order valence-corrected chi connectivity index (χ2v) is 6.50. The SMILES string of the molecule is COC(=O)/C=C/C(=O)N(O)CCCCNCCCCCC(=O)Nc1ccccc1. The zero-order valence-corrected chi connectivity index (χ0v) is 16.9. The molecule has 0 aliphatic carbocycles. The highest BCUT2D eigenvalue weighted by Crippen LogP contribution is 2.07. The highest BCUT2D eigenvalue weighted by molar-refractivity contribution is 5.94. The Kier molecular flexibility index (Phi) is 12.8. The maximum absolute atomic E-state index is 11.8. The lowest BCUT2D eigenvalue weighted by Crippen LogP contribution is -2.27. The standard InChI is InChI=1S/C21H31N3O5/c1-29-21(27)14-13-20(26)24(28)17-9-8-16-22-15-7-3-6-12-19(25)23-18-10-4-2-5-11-18/h2,4-5,10-11,13-14,22,28H,3,6-9,12,15-17H2,1H3,(H,23,25)/b14-13+. The van der Waals surface area contributed by atoms with Gasteiger partial charge in [-0.15, -0.1) is 0 Å². The van der Waals surface area contributed by atoms with Crippen LogP contribution in [-0.4, -0.2) is 54.8 Å². The molecule has 0 fully saturated rings. The molecule has 0 bridgehead atoms. The molecule has 0 atom stereocenters. The number of rotatable bonds is 14. The number of hydroxylamine groups is 2. The van der Waals surface area contributed by atoms with E-state index in [-0.39, 0.29) is 12.5 Å². The fourth-order valence-electron chi connectivity index (χ4n) is 2.50. The topological polar surface area (TPSA) is 108 Å². The van der Waals surface area contributed by atoms with Gasteiger partial charge in [0, 0.05) is 30.8 Å². The van der Waals surface area contributed by atoms with Gasteiger partial charge in [0.2, 0.25) is 5.91 Å². The summed E-state index contributed by atoms with van der Waals surface area (Å²) >= 11 is 0. The third-order valence-corrected chi connectivity index (χ3v) is 4.11. The quantitative estimate of drug-likeness (QED) is 0.144. The van der Waals surface area contributed by atoms with Gasteiger partial charge in [0.05, 0.1) is 7.11 Å². The van der Waals surface area contributed by atoms with E-state index in [1.54, 1.807) is 0 Å². The lowest BCUT2D eigenvalue weighted by atomic mass is 10.2. The molecule has 1 aromatic rings. The molecular weight excluding hydrogens is 374 g/mol. The zero-order valence-electron chi connectivity index (χ0n) is 16.9. The van der Waals surface area contributed by atoms with Crippen molar-refractivity contribution in [2.45, 2.75) is 38.5 Å². The summed E-state index contributed by atoms with van der Waals surface area (Å²) in [4.78, 5) is 34.2. The average Bonchev–Trinajstić information content (AvgIpc) is 2.73. The van der Waals surface area contributed by atoms with Crippen molar-refractivity contribution < 1.29 is 24.3 Å². The van der Waals surface area contributed by atoms with Crippen LogP contribution >= 0.6 is 0 Å². The minimum absolute atomic E-state index is 0.0358. The number of hydrogen-bond donors (Lipinski definition) is 3. The van der Waals surface area contributed by atoms with Gasteiger partial charge >= 0.3 is 5.97 Å². The molecule has 2 amide bonds. The van der Waals surface area contributed by atoms with Gasteiger partial charge < -0.3 is 15.4 Å². The van der Waals surface area contributed by atoms with Gasteiger partial charge in [-0.2, -0.15) is 0 Å². The Morgan fingerprint density at radius 1 is 1.00 bits per heavy atom. The van der Waals surface area contributed by atoms with Gasteiger partial charge in [0.15, 0.2) is 0 Å². The Balaban J connectivity index is 1.94. The molecule has 0 saturated heterocycles. The average molecular weight is 405 g/mol. The van der Waals surface area contributed by atoms with Crippen molar-refractivity contribution >= 4 is 23.5 Å². The number of ether oxygens (including phenoxy) is 1. The summed E-state index contributed by atoms with van der Waals surface area (Å²) in [5.74, 6) is -1.26. The number of amides is 2. The highest BCUT2D eigenvalue weighted by Gasteiger charge is 2.07. The minimum atomic E-state index is -0.653. The monoisotopic (exact) mass is 405 g/mol. The molecule has 0 heterocycles. The molecule has 8 nitrogen and oxygen atoms in total. The van der Waals surface area contributed by atoms with Crippen molar-refractivity contribution in [2.24, 2.45) is 0 Å². The third kappa shape index (κ3) is 12.4. The van der Waals surface area contributed by atoms with Crippen molar-refractivity contribution in [3.8, 4) is 0 Å². The molecule has 0 saturated carbocycles. The molecule has 0 spiro atoms. The van der Waals surface area contributed by atoms with Crippen molar-refractivity contribution in [1.29, 1.82) is 0 Å². The first-order valence-corrected chi connectivity index (χ1v) is 9.85. The number of carbonyl (C=O) groups is 3. The van der Waals surface area contributed by atoms with E-state index in [1.165, 1.54) is 7.11 Å². The van der Waals surface area contributed by atoms with Gasteiger partial charge in [0.25, 0.3) is 5.91 Å². The summed E-state index contributed by atoms with van der Waals surface area (Å²) in [6.45, 7) is 1.85. The van der Waals surface area contributed by atoms with Crippen LogP contribution in [0.2, 0.25) is 0 Å². The fourth-order valence-corrected chi connectivity index (χ4v) is 2.50. The summed E-state index contributed by atoms with van der Waals surface area (Å²) < 4.78 is 4.37. The molecule has 0 aliphatic heterocycles. The van der Waals surface area contributed by atoms with Gasteiger partial charge in [-0.3, -0.25) is 14.8 Å². The number of methoxy groups -OCH3 is 1. The van der Waals surface area contributed by atoms with Gasteiger partial charge in [-0.25, -0.2) is 9.86 Å². The lowest BCUT2D eigenvalue weighted by Gasteiger charge is -2.12. The summed E-state index contributed by atoms with van der Waals surface area (Å²) in [7, 11) is 1.21. The number of nitrogens with one attached hydrogen (secondary N) is 2. The van der Waals surface area contributed by atoms with Crippen LogP contribution < -0.4 is 10.6 Å². The molecule has 0 aliphatic rings. The number of nitrogens with zero attached hydrogens (tertiary/aromatic N) is 1. The highest BCUT2D eigenvalue weighted by atomic mass is 16.5. The second-order valence-electron chi connectivity index (χ2n) is 6.50. The lowest BCUT2D eigenvalue weighted by molar-refractivity contribution is -0.159. The predicted molar refractivity (Wildman–Crippen MR) is 110 cm³/mol. The van der Waals surface area contributed by atoms with Gasteiger partial charge in [-0.1, -0.05) is 24.6 Å². The summed E-state index contributed by atoms with van der Waals surface area (Å²) in [6, 6.07) is 9.42. The van der Waals surface area contributed by atoms with E-state index in [9.17, 15) is 19.6 Å². The first kappa shape index (κ1) is 24.3. The minimum Gasteiger partial charge on any atom is -0.466 e. The van der Waals surface area contributed by atoms with Crippen LogP contribution in [0.5, 0.6) is 0 Å². The van der Waals surface area contributed by atoms with E-state index < -0.39 is 11.9 Å². The number of unbranched alkanes of at least 4 members (excludes halogenated alkanes) is 3. The van der Waals surface area contributed by atoms with Crippen LogP contribution in [0.25, 0.3) is 0 Å². The number of anilines is 1. The smallest absolute Gasteiger partial charge is 0.330 e. The molecule has 29 heavy (non-hydrogen) atoms. The van der Waals surface area contributed by atoms with E-state index in [4.69, 9.17) is 0 Å². The summed E-state index contributed by atoms with van der Waals surface area (Å²) in [6.07, 6.45) is 6.72. The number of esters is 1. The molecule has 0 unspecified atom stereocenters. The molecule has 0 aromatic heterocycles. The van der Waals surface area contributed by atoms with Crippen LogP contribution in [-0.2, 0) is 19.1 Å². The maximum atomic E-state index is 11.8. The summed E-state index contributed by atoms with van der Waals surface area (Å²) in [5.41, 5.74) is 0.821. The Morgan fingerprint density at radius 2 is 1.69 bits per heavy atom. The van der Waals surface area contributed by atoms with Crippen molar-refractivity contribution in [1.82, 2.24) is 10.4 Å². The zero-order chi connectivity index (χ0) is 21.3. The van der Waals surface area contributed by atoms with E-state index in [0.29, 0.717) is 17.9 Å². The van der Waals surface area contributed by atoms with E-state index in [1.807, 2.05) is 30.3 Å². The second kappa shape index (κ2) is 15.2. The first-order valence-electron chi connectivity index (χ1n) is 9.85. The Bertz CT molecular complexity index is 649. The summed E-state index contributed by atoms with van der Waals surface area (Å²) in [5, 5.41) is 16.3. The largest absolute Gasteiger partial charge is 0.466 e. The van der Waals surface area contributed by atoms with Crippen LogP contribution in [0, 0.1) is 0 Å². The van der Waals surface area contributed by atoms with Crippen LogP contribution in [0.15, 0.2) is 42.5 Å². The molecule has 3 N–H and O–H groups in total. The number of benzene rings is 1. The van der Waals surface area contributed by atoms with Gasteiger partial charge in [-0.05, 0) is 50.9 Å². The van der Waals surface area contributed by atoms with Crippen LogP contribution in [0.3, 0.4) is 0 Å². The van der Waals surface area contributed by atoms with E-state index in [0.717, 1.165) is 56.6 Å². The fraction of sp³-hybridized carbons (Fsp3) is 0.476. The van der Waals surface area contributed by atoms with Gasteiger partial charge in [0.1, 0.15) is 0 Å². The molecule has 8 heteroatoms. The Labute approximate surface area is 171 Å². The van der Waals surface area contributed by atoms with Crippen molar-refractivity contribution in [2.75, 3.05) is 32.1 Å². The molecular formula is C21H31N3O5. The number of para-hydroxylation sites is 1.